The largest absolute Gasteiger partial charge is 0.369 e. The molecule has 1 aliphatic carbocycles. The highest BCUT2D eigenvalue weighted by atomic mass is 16.2. The zero-order chi connectivity index (χ0) is 14.1. The fourth-order valence-electron chi connectivity index (χ4n) is 2.97. The van der Waals surface area contributed by atoms with Crippen LogP contribution in [-0.4, -0.2) is 30.9 Å². The summed E-state index contributed by atoms with van der Waals surface area (Å²) in [5.41, 5.74) is 6.59. The lowest BCUT2D eigenvalue weighted by Crippen LogP contribution is -2.40. The van der Waals surface area contributed by atoms with E-state index >= 15 is 0 Å². The predicted molar refractivity (Wildman–Crippen MR) is 74.8 cm³/mol. The molecule has 20 heavy (non-hydrogen) atoms. The van der Waals surface area contributed by atoms with E-state index in [1.54, 1.807) is 0 Å². The van der Waals surface area contributed by atoms with E-state index in [1.165, 1.54) is 5.56 Å². The highest BCUT2D eigenvalue weighted by Crippen LogP contribution is 2.40. The summed E-state index contributed by atoms with van der Waals surface area (Å²) in [7, 11) is 0. The highest BCUT2D eigenvalue weighted by molar-refractivity contribution is 5.88. The number of carbonyl (C=O) groups excluding carboxylic acids is 2. The number of rotatable bonds is 4. The van der Waals surface area contributed by atoms with Crippen LogP contribution in [0.4, 0.5) is 0 Å². The molecule has 106 valence electrons. The van der Waals surface area contributed by atoms with Crippen LogP contribution in [0.5, 0.6) is 0 Å². The molecule has 2 unspecified atom stereocenters. The van der Waals surface area contributed by atoms with Gasteiger partial charge in [-0.3, -0.25) is 9.59 Å². The van der Waals surface area contributed by atoms with Crippen molar-refractivity contribution in [2.45, 2.75) is 18.4 Å². The SMILES string of the molecule is NC(=O)C1CNCC1C(=O)N[C@@H]1C[C@H]1c1ccccc1. The summed E-state index contributed by atoms with van der Waals surface area (Å²) < 4.78 is 0. The van der Waals surface area contributed by atoms with E-state index in [9.17, 15) is 9.59 Å². The van der Waals surface area contributed by atoms with Crippen molar-refractivity contribution in [2.24, 2.45) is 17.6 Å². The summed E-state index contributed by atoms with van der Waals surface area (Å²) in [6, 6.07) is 10.4. The number of primary amides is 1. The standard InChI is InChI=1S/C15H19N3O2/c16-14(19)11-7-17-8-12(11)15(20)18-13-6-10(13)9-4-2-1-3-5-9/h1-5,10-13,17H,6-8H2,(H2,16,19)(H,18,20)/t10-,11?,12?,13+/m0/s1. The molecule has 0 radical (unpaired) electrons. The fourth-order valence-corrected chi connectivity index (χ4v) is 2.97. The molecule has 0 bridgehead atoms. The van der Waals surface area contributed by atoms with Gasteiger partial charge in [-0.15, -0.1) is 0 Å². The van der Waals surface area contributed by atoms with Crippen LogP contribution >= 0.6 is 0 Å². The molecule has 1 saturated heterocycles. The van der Waals surface area contributed by atoms with Crippen molar-refractivity contribution in [1.82, 2.24) is 10.6 Å². The summed E-state index contributed by atoms with van der Waals surface area (Å²) >= 11 is 0. The molecule has 2 amide bonds. The Kier molecular flexibility index (Phi) is 3.44. The van der Waals surface area contributed by atoms with Crippen LogP contribution in [0.25, 0.3) is 0 Å². The third-order valence-corrected chi connectivity index (χ3v) is 4.26. The molecule has 4 atom stereocenters. The van der Waals surface area contributed by atoms with Crippen molar-refractivity contribution in [1.29, 1.82) is 0 Å². The maximum Gasteiger partial charge on any atom is 0.225 e. The van der Waals surface area contributed by atoms with Gasteiger partial charge in [0.2, 0.25) is 11.8 Å². The fraction of sp³-hybridized carbons (Fsp3) is 0.467. The molecule has 1 aliphatic heterocycles. The van der Waals surface area contributed by atoms with Crippen LogP contribution in [0.15, 0.2) is 30.3 Å². The van der Waals surface area contributed by atoms with Gasteiger partial charge in [0.25, 0.3) is 0 Å². The molecule has 3 rings (SSSR count). The molecule has 1 aromatic rings. The summed E-state index contributed by atoms with van der Waals surface area (Å²) in [5, 5.41) is 6.10. The predicted octanol–water partition coefficient (Wildman–Crippen LogP) is -0.0204. The van der Waals surface area contributed by atoms with Gasteiger partial charge in [0.1, 0.15) is 0 Å². The number of benzene rings is 1. The first-order chi connectivity index (χ1) is 9.66. The van der Waals surface area contributed by atoms with Crippen molar-refractivity contribution in [3.63, 3.8) is 0 Å². The topological polar surface area (TPSA) is 84.2 Å². The third kappa shape index (κ3) is 2.54. The maximum atomic E-state index is 12.2. The van der Waals surface area contributed by atoms with Crippen LogP contribution in [0.3, 0.4) is 0 Å². The highest BCUT2D eigenvalue weighted by Gasteiger charge is 2.43. The Bertz CT molecular complexity index is 517. The summed E-state index contributed by atoms with van der Waals surface area (Å²) in [5.74, 6) is -0.761. The molecular weight excluding hydrogens is 254 g/mol. The van der Waals surface area contributed by atoms with Crippen LogP contribution in [0.2, 0.25) is 0 Å². The van der Waals surface area contributed by atoms with Crippen molar-refractivity contribution in [3.8, 4) is 0 Å². The van der Waals surface area contributed by atoms with E-state index in [0.717, 1.165) is 6.42 Å². The van der Waals surface area contributed by atoms with Gasteiger partial charge in [0.15, 0.2) is 0 Å². The monoisotopic (exact) mass is 273 g/mol. The number of hydrogen-bond donors (Lipinski definition) is 3. The molecule has 5 heteroatoms. The minimum absolute atomic E-state index is 0.0535. The van der Waals surface area contributed by atoms with Crippen LogP contribution in [-0.2, 0) is 9.59 Å². The molecule has 1 saturated carbocycles. The Hall–Kier alpha value is -1.88. The Labute approximate surface area is 117 Å². The van der Waals surface area contributed by atoms with E-state index in [2.05, 4.69) is 22.8 Å². The van der Waals surface area contributed by atoms with E-state index < -0.39 is 5.91 Å². The van der Waals surface area contributed by atoms with Gasteiger partial charge in [-0.25, -0.2) is 0 Å². The molecule has 2 aliphatic rings. The second-order valence-electron chi connectivity index (χ2n) is 5.64. The normalized spacial score (nSPS) is 31.8. The van der Waals surface area contributed by atoms with Crippen molar-refractivity contribution < 1.29 is 9.59 Å². The lowest BCUT2D eigenvalue weighted by atomic mass is 9.94. The smallest absolute Gasteiger partial charge is 0.225 e. The quantitative estimate of drug-likeness (QED) is 0.721. The summed E-state index contributed by atoms with van der Waals surface area (Å²) in [6.45, 7) is 1.03. The number of carbonyl (C=O) groups is 2. The first kappa shape index (κ1) is 13.1. The van der Waals surface area contributed by atoms with Crippen LogP contribution in [0, 0.1) is 11.8 Å². The zero-order valence-corrected chi connectivity index (χ0v) is 11.2. The first-order valence-electron chi connectivity index (χ1n) is 7.02. The minimum atomic E-state index is -0.398. The molecule has 5 nitrogen and oxygen atoms in total. The van der Waals surface area contributed by atoms with Crippen LogP contribution in [0.1, 0.15) is 17.9 Å². The lowest BCUT2D eigenvalue weighted by molar-refractivity contribution is -0.131. The van der Waals surface area contributed by atoms with Crippen molar-refractivity contribution in [3.05, 3.63) is 35.9 Å². The van der Waals surface area contributed by atoms with Gasteiger partial charge in [-0.1, -0.05) is 30.3 Å². The van der Waals surface area contributed by atoms with Gasteiger partial charge in [0, 0.05) is 25.0 Å². The summed E-state index contributed by atoms with van der Waals surface area (Å²) in [4.78, 5) is 23.5. The van der Waals surface area contributed by atoms with E-state index in [-0.39, 0.29) is 23.8 Å². The van der Waals surface area contributed by atoms with Gasteiger partial charge in [-0.2, -0.15) is 0 Å². The van der Waals surface area contributed by atoms with E-state index in [4.69, 9.17) is 5.73 Å². The Morgan fingerprint density at radius 2 is 1.85 bits per heavy atom. The first-order valence-corrected chi connectivity index (χ1v) is 7.02. The number of nitrogens with two attached hydrogens (primary N) is 1. The second-order valence-corrected chi connectivity index (χ2v) is 5.64. The lowest BCUT2D eigenvalue weighted by Gasteiger charge is -2.15. The average Bonchev–Trinajstić information content (AvgIpc) is 3.02. The van der Waals surface area contributed by atoms with Crippen molar-refractivity contribution >= 4 is 11.8 Å². The van der Waals surface area contributed by atoms with Crippen LogP contribution < -0.4 is 16.4 Å². The average molecular weight is 273 g/mol. The van der Waals surface area contributed by atoms with Gasteiger partial charge >= 0.3 is 0 Å². The minimum Gasteiger partial charge on any atom is -0.369 e. The second kappa shape index (κ2) is 5.25. The molecule has 1 aromatic carbocycles. The number of hydrogen-bond acceptors (Lipinski definition) is 3. The van der Waals surface area contributed by atoms with Gasteiger partial charge in [0.05, 0.1) is 11.8 Å². The van der Waals surface area contributed by atoms with Gasteiger partial charge in [-0.05, 0) is 12.0 Å². The number of amides is 2. The Morgan fingerprint density at radius 1 is 1.15 bits per heavy atom. The Balaban J connectivity index is 1.57. The molecule has 0 aromatic heterocycles. The summed E-state index contributed by atoms with van der Waals surface area (Å²) in [6.07, 6.45) is 0.969. The molecule has 4 N–H and O–H groups in total. The third-order valence-electron chi connectivity index (χ3n) is 4.26. The Morgan fingerprint density at radius 3 is 2.55 bits per heavy atom. The van der Waals surface area contributed by atoms with Gasteiger partial charge < -0.3 is 16.4 Å². The zero-order valence-electron chi connectivity index (χ0n) is 11.2. The van der Waals surface area contributed by atoms with Crippen molar-refractivity contribution in [2.75, 3.05) is 13.1 Å². The van der Waals surface area contributed by atoms with E-state index in [1.807, 2.05) is 18.2 Å². The molecular formula is C15H19N3O2. The van der Waals surface area contributed by atoms with E-state index in [0.29, 0.717) is 19.0 Å². The molecule has 2 fully saturated rings. The molecule has 1 heterocycles. The molecule has 0 spiro atoms. The maximum absolute atomic E-state index is 12.2. The number of nitrogens with one attached hydrogen (secondary N) is 2.